The minimum atomic E-state index is -0.0827. The molecule has 2 aromatic rings. The maximum Gasteiger partial charge on any atom is 0.225 e. The number of hydrogen-bond acceptors (Lipinski definition) is 4. The Morgan fingerprint density at radius 1 is 1.22 bits per heavy atom. The molecule has 1 N–H and O–H groups in total. The lowest BCUT2D eigenvalue weighted by atomic mass is 10.1. The van der Waals surface area contributed by atoms with Gasteiger partial charge in [-0.25, -0.2) is 0 Å². The second-order valence-corrected chi connectivity index (χ2v) is 4.64. The predicted molar refractivity (Wildman–Crippen MR) is 87.2 cm³/mol. The average molecular weight is 310 g/mol. The van der Waals surface area contributed by atoms with E-state index in [1.165, 1.54) is 0 Å². The summed E-state index contributed by atoms with van der Waals surface area (Å²) in [7, 11) is 1.60. The van der Waals surface area contributed by atoms with Crippen molar-refractivity contribution < 1.29 is 14.3 Å². The van der Waals surface area contributed by atoms with Crippen LogP contribution in [-0.4, -0.2) is 31.2 Å². The molecule has 0 saturated carbocycles. The maximum atomic E-state index is 11.8. The molecule has 5 heteroatoms. The summed E-state index contributed by atoms with van der Waals surface area (Å²) in [6.45, 7) is 0.552. The van der Waals surface area contributed by atoms with E-state index in [0.29, 0.717) is 18.7 Å². The van der Waals surface area contributed by atoms with Crippen molar-refractivity contribution in [2.45, 2.75) is 6.42 Å². The highest BCUT2D eigenvalue weighted by Gasteiger charge is 2.02. The number of amides is 1. The van der Waals surface area contributed by atoms with Gasteiger partial charge in [0, 0.05) is 6.20 Å². The van der Waals surface area contributed by atoms with E-state index < -0.39 is 0 Å². The van der Waals surface area contributed by atoms with Gasteiger partial charge in [-0.05, 0) is 29.8 Å². The van der Waals surface area contributed by atoms with Crippen molar-refractivity contribution in [1.82, 2.24) is 10.3 Å². The fourth-order valence-corrected chi connectivity index (χ4v) is 1.84. The van der Waals surface area contributed by atoms with Crippen molar-refractivity contribution in [1.29, 1.82) is 0 Å². The Hall–Kier alpha value is -3.00. The largest absolute Gasteiger partial charge is 0.497 e. The third-order valence-electron chi connectivity index (χ3n) is 2.94. The van der Waals surface area contributed by atoms with Gasteiger partial charge >= 0.3 is 0 Å². The van der Waals surface area contributed by atoms with Crippen molar-refractivity contribution in [2.75, 3.05) is 20.3 Å². The minimum absolute atomic E-state index is 0.0827. The Bertz CT molecular complexity index is 690. The molecular weight excluding hydrogens is 292 g/mol. The van der Waals surface area contributed by atoms with Crippen LogP contribution in [-0.2, 0) is 11.2 Å². The second-order valence-electron chi connectivity index (χ2n) is 4.64. The molecule has 0 aliphatic carbocycles. The van der Waals surface area contributed by atoms with E-state index in [0.717, 1.165) is 11.3 Å². The van der Waals surface area contributed by atoms with Gasteiger partial charge in [-0.1, -0.05) is 24.0 Å². The van der Waals surface area contributed by atoms with Crippen molar-refractivity contribution >= 4 is 5.91 Å². The van der Waals surface area contributed by atoms with Gasteiger partial charge in [0.2, 0.25) is 5.91 Å². The van der Waals surface area contributed by atoms with Gasteiger partial charge in [0.15, 0.2) is 0 Å². The fourth-order valence-electron chi connectivity index (χ4n) is 1.84. The molecule has 0 aliphatic rings. The highest BCUT2D eigenvalue weighted by molar-refractivity contribution is 5.78. The Balaban J connectivity index is 1.68. The van der Waals surface area contributed by atoms with E-state index in [-0.39, 0.29) is 12.5 Å². The molecule has 0 saturated heterocycles. The zero-order chi connectivity index (χ0) is 16.3. The lowest BCUT2D eigenvalue weighted by Crippen LogP contribution is -2.25. The molecule has 0 spiro atoms. The molecule has 0 unspecified atom stereocenters. The van der Waals surface area contributed by atoms with Crippen LogP contribution >= 0.6 is 0 Å². The zero-order valence-electron chi connectivity index (χ0n) is 12.9. The summed E-state index contributed by atoms with van der Waals surface area (Å²) in [5.41, 5.74) is 0.898. The molecule has 23 heavy (non-hydrogen) atoms. The minimum Gasteiger partial charge on any atom is -0.497 e. The number of nitrogens with zero attached hydrogens (tertiary/aromatic N) is 1. The molecule has 0 fully saturated rings. The highest BCUT2D eigenvalue weighted by atomic mass is 16.5. The Morgan fingerprint density at radius 2 is 2.09 bits per heavy atom. The van der Waals surface area contributed by atoms with Crippen LogP contribution in [0.25, 0.3) is 0 Å². The van der Waals surface area contributed by atoms with Crippen LogP contribution in [0.1, 0.15) is 5.56 Å². The molecule has 1 heterocycles. The van der Waals surface area contributed by atoms with E-state index in [4.69, 9.17) is 9.47 Å². The van der Waals surface area contributed by atoms with E-state index >= 15 is 0 Å². The van der Waals surface area contributed by atoms with Gasteiger partial charge in [0.05, 0.1) is 26.3 Å². The van der Waals surface area contributed by atoms with Crippen LogP contribution in [0.2, 0.25) is 0 Å². The SMILES string of the molecule is COc1cccc(CC(=O)NCC#CCOc2cccnc2)c1. The molecule has 1 aromatic carbocycles. The van der Waals surface area contributed by atoms with Crippen LogP contribution in [0.5, 0.6) is 11.5 Å². The summed E-state index contributed by atoms with van der Waals surface area (Å²) in [5, 5.41) is 2.75. The van der Waals surface area contributed by atoms with E-state index in [2.05, 4.69) is 22.1 Å². The first-order chi connectivity index (χ1) is 11.3. The first-order valence-electron chi connectivity index (χ1n) is 7.16. The number of ether oxygens (including phenoxy) is 2. The Kier molecular flexibility index (Phi) is 6.48. The van der Waals surface area contributed by atoms with Crippen LogP contribution in [0.15, 0.2) is 48.8 Å². The van der Waals surface area contributed by atoms with Crippen LogP contribution < -0.4 is 14.8 Å². The lowest BCUT2D eigenvalue weighted by Gasteiger charge is -2.04. The maximum absolute atomic E-state index is 11.8. The van der Waals surface area contributed by atoms with Gasteiger partial charge in [-0.2, -0.15) is 0 Å². The van der Waals surface area contributed by atoms with Gasteiger partial charge in [-0.15, -0.1) is 0 Å². The molecule has 1 amide bonds. The number of rotatable bonds is 6. The molecule has 5 nitrogen and oxygen atoms in total. The summed E-state index contributed by atoms with van der Waals surface area (Å²) >= 11 is 0. The first-order valence-corrected chi connectivity index (χ1v) is 7.16. The number of carbonyl (C=O) groups is 1. The molecule has 118 valence electrons. The number of hydrogen-bond donors (Lipinski definition) is 1. The van der Waals surface area contributed by atoms with E-state index in [9.17, 15) is 4.79 Å². The summed E-state index contributed by atoms with van der Waals surface area (Å²) in [6, 6.07) is 11.0. The fraction of sp³-hybridized carbons (Fsp3) is 0.222. The number of methoxy groups -OCH3 is 1. The number of carbonyl (C=O) groups excluding carboxylic acids is 1. The molecule has 0 radical (unpaired) electrons. The van der Waals surface area contributed by atoms with Crippen molar-refractivity contribution in [3.63, 3.8) is 0 Å². The van der Waals surface area contributed by atoms with Crippen molar-refractivity contribution in [3.8, 4) is 23.3 Å². The van der Waals surface area contributed by atoms with E-state index in [1.54, 1.807) is 25.6 Å². The quantitative estimate of drug-likeness (QED) is 0.827. The molecule has 2 rings (SSSR count). The third kappa shape index (κ3) is 6.10. The van der Waals surface area contributed by atoms with Crippen LogP contribution in [0.3, 0.4) is 0 Å². The first kappa shape index (κ1) is 16.4. The van der Waals surface area contributed by atoms with Crippen LogP contribution in [0, 0.1) is 11.8 Å². The molecular formula is C18H18N2O3. The second kappa shape index (κ2) is 9.11. The van der Waals surface area contributed by atoms with Gasteiger partial charge in [-0.3, -0.25) is 9.78 Å². The average Bonchev–Trinajstić information content (AvgIpc) is 2.59. The van der Waals surface area contributed by atoms with Gasteiger partial charge < -0.3 is 14.8 Å². The topological polar surface area (TPSA) is 60.5 Å². The highest BCUT2D eigenvalue weighted by Crippen LogP contribution is 2.12. The standard InChI is InChI=1S/C18H18N2O3/c1-22-16-7-4-6-15(12-16)13-18(21)20-10-2-3-11-23-17-8-5-9-19-14-17/h4-9,12,14H,10-11,13H2,1H3,(H,20,21). The number of aromatic nitrogens is 1. The van der Waals surface area contributed by atoms with Crippen molar-refractivity contribution in [2.24, 2.45) is 0 Å². The third-order valence-corrected chi connectivity index (χ3v) is 2.94. The molecule has 0 atom stereocenters. The van der Waals surface area contributed by atoms with Crippen LogP contribution in [0.4, 0.5) is 0 Å². The molecule has 1 aromatic heterocycles. The zero-order valence-corrected chi connectivity index (χ0v) is 12.9. The monoisotopic (exact) mass is 310 g/mol. The smallest absolute Gasteiger partial charge is 0.225 e. The predicted octanol–water partition coefficient (Wildman–Crippen LogP) is 1.83. The molecule has 0 bridgehead atoms. The van der Waals surface area contributed by atoms with E-state index in [1.807, 2.05) is 30.3 Å². The number of pyridine rings is 1. The number of nitrogens with one attached hydrogen (secondary N) is 1. The van der Waals surface area contributed by atoms with Gasteiger partial charge in [0.25, 0.3) is 0 Å². The summed E-state index contributed by atoms with van der Waals surface area (Å²) < 4.78 is 10.5. The Labute approximate surface area is 135 Å². The normalized spacial score (nSPS) is 9.43. The van der Waals surface area contributed by atoms with Crippen molar-refractivity contribution in [3.05, 3.63) is 54.4 Å². The summed E-state index contributed by atoms with van der Waals surface area (Å²) in [6.07, 6.45) is 3.60. The summed E-state index contributed by atoms with van der Waals surface area (Å²) in [5.74, 6) is 7.01. The van der Waals surface area contributed by atoms with Gasteiger partial charge in [0.1, 0.15) is 18.1 Å². The lowest BCUT2D eigenvalue weighted by molar-refractivity contribution is -0.120. The molecule has 0 aliphatic heterocycles. The number of benzene rings is 1. The summed E-state index contributed by atoms with van der Waals surface area (Å²) in [4.78, 5) is 15.7. The Morgan fingerprint density at radius 3 is 2.87 bits per heavy atom.